The average molecular weight is 2010 g/mol. The number of rotatable bonds is 26. The lowest BCUT2D eigenvalue weighted by Crippen LogP contribution is -2.33. The summed E-state index contributed by atoms with van der Waals surface area (Å²) in [6.07, 6.45) is 8.74. The third kappa shape index (κ3) is 25.2. The molecular weight excluding hydrogens is 1910 g/mol. The molecule has 9 aromatic heterocycles. The number of nitrogens with one attached hydrogen (secondary N) is 3. The van der Waals surface area contributed by atoms with Crippen LogP contribution in [0, 0.1) is 76.5 Å². The van der Waals surface area contributed by atoms with Crippen molar-refractivity contribution in [2.75, 3.05) is 60.4 Å². The number of hydrogen-bond acceptors (Lipinski definition) is 25. The highest BCUT2D eigenvalue weighted by Crippen LogP contribution is 2.42. The van der Waals surface area contributed by atoms with E-state index in [1.807, 2.05) is 90.5 Å². The van der Waals surface area contributed by atoms with Gasteiger partial charge in [0.1, 0.15) is 51.8 Å². The van der Waals surface area contributed by atoms with Gasteiger partial charge >= 0.3 is 6.03 Å². The van der Waals surface area contributed by atoms with Gasteiger partial charge in [-0.3, -0.25) is 38.1 Å². The van der Waals surface area contributed by atoms with E-state index in [2.05, 4.69) is 103 Å². The van der Waals surface area contributed by atoms with Crippen molar-refractivity contribution in [2.45, 2.75) is 106 Å². The molecule has 31 nitrogen and oxygen atoms in total. The van der Waals surface area contributed by atoms with Gasteiger partial charge in [0.25, 0.3) is 22.6 Å². The number of nitrogens with two attached hydrogens (primary N) is 2. The number of aliphatic hydroxyl groups excluding tert-OH is 3. The molecule has 2 aliphatic heterocycles. The Balaban J connectivity index is 0.000000138. The fourth-order valence-electron chi connectivity index (χ4n) is 16.4. The van der Waals surface area contributed by atoms with Gasteiger partial charge in [-0.15, -0.1) is 11.3 Å². The SMILES string of the molecule is CCc1nc(-c2cccc(C)c2)c(-c2ccnc(CC(=O)c3ccccc3)c2)s1.Cc1ccc(-c2nc(N(C(N)=O)c3c(F)cccc3F)ccc2C(N)=O)c(F)c1.Cc1ccc(-c2nn3c(c2-c2ccc(=O)n(-c4ccccc4C)n2)NC[C@@H](CO)C3)cc1.Cc1ccc(Oc2cc3cnc(NC(CCO)CCO)nc3n(C)c2=O)c(F)c1.Cc1ccc(Oc2cc3cnc(NC4CCOCC4)nc3n(C)c2=O)c(F)c1. The number of halogens is 5. The highest BCUT2D eigenvalue weighted by atomic mass is 32.1. The number of ketones is 1. The van der Waals surface area contributed by atoms with E-state index in [9.17, 15) is 55.8 Å². The van der Waals surface area contributed by atoms with E-state index >= 15 is 0 Å². The van der Waals surface area contributed by atoms with Crippen LogP contribution in [0.1, 0.15) is 97.4 Å². The first-order chi connectivity index (χ1) is 70.8. The smallest absolute Gasteiger partial charge is 0.325 e. The Hall–Kier alpha value is -16.7. The minimum Gasteiger partial charge on any atom is -0.448 e. The number of amides is 3. The first-order valence-electron chi connectivity index (χ1n) is 47.2. The molecule has 1 fully saturated rings. The second-order valence-corrected chi connectivity index (χ2v) is 36.2. The Morgan fingerprint density at radius 3 is 1.77 bits per heavy atom. The van der Waals surface area contributed by atoms with E-state index in [1.54, 1.807) is 88.9 Å². The van der Waals surface area contributed by atoms with E-state index in [1.165, 1.54) is 85.7 Å². The lowest BCUT2D eigenvalue weighted by atomic mass is 10.0. The zero-order chi connectivity index (χ0) is 104. The number of nitrogens with zero attached hydrogens (tertiary/aromatic N) is 14. The summed E-state index contributed by atoms with van der Waals surface area (Å²) in [5.74, 6) is -3.40. The van der Waals surface area contributed by atoms with Crippen LogP contribution in [0.5, 0.6) is 23.0 Å². The van der Waals surface area contributed by atoms with Crippen molar-refractivity contribution in [1.82, 2.24) is 63.6 Å². The molecule has 1 saturated heterocycles. The zero-order valence-electron chi connectivity index (χ0n) is 81.7. The largest absolute Gasteiger partial charge is 0.448 e. The number of para-hydroxylation sites is 2. The Labute approximate surface area is 845 Å². The maximum atomic E-state index is 14.5. The standard InChI is InChI=1S/C25H25N5O2.C25H22N2OS.C20H15F3N4O2.C20H23FN4O4.C20H21FN4O3/c1-16-7-9-19(10-8-16)24-23(25-26-13-18(15-31)14-29(25)28-24)20-11-12-22(32)30(27-20)21-6-4-3-5-17(21)2;1-3-23-27-24(19-11-7-8-17(2)14-19)25(29-23)20-12-13-26-21(15-20)16-22(28)18-9-5-4-6-10-18;1-10-5-6-11(15(23)9-10)17-12(19(24)28)7-8-16(26-17)27(20(25)29)18-13(21)3-2-4-14(18)22;1-12-3-4-16(15(21)9-12)29-17-10-13-11-22-20(23-14(5-7-26)6-8-27)24-18(13)25(2)19(17)28;1-12-3-4-16(15(21)9-12)28-17-10-13-11-22-20(23-14-5-7-27-8-6-14)24-18(13)25(2)19(17)26/h3-12,18,26,31H,13-15H2,1-2H3;4-15H,3,16H2,1-2H3;2-9H,1H3,(H2,24,28)(H2,25,29);3-4,9-11,14,26-27H,5-8H2,1-2H3,(H,22,23,24);3-4,9-11,14H,5-8H2,1-2H3,(H,22,23,24)/t18-;;;;/m1..../s1. The molecule has 147 heavy (non-hydrogen) atoms. The van der Waals surface area contributed by atoms with Crippen molar-refractivity contribution in [1.29, 1.82) is 0 Å². The Bertz CT molecular complexity index is 7870. The average Bonchev–Trinajstić information content (AvgIpc) is 1.72. The number of hydrogen-bond donors (Lipinski definition) is 8. The van der Waals surface area contributed by atoms with Crippen molar-refractivity contribution in [3.05, 3.63) is 358 Å². The Morgan fingerprint density at radius 2 is 1.17 bits per heavy atom. The van der Waals surface area contributed by atoms with Gasteiger partial charge in [-0.1, -0.05) is 133 Å². The Kier molecular flexibility index (Phi) is 33.9. The molecule has 1 atom stereocenters. The van der Waals surface area contributed by atoms with Crippen LogP contribution in [0.25, 0.3) is 83.2 Å². The van der Waals surface area contributed by atoms with E-state index in [0.29, 0.717) is 88.9 Å². The number of Topliss-reactive ketones (excluding diaryl/α,β-unsaturated/α-hetero) is 1. The summed E-state index contributed by atoms with van der Waals surface area (Å²) in [6.45, 7) is 16.1. The summed E-state index contributed by atoms with van der Waals surface area (Å²) in [7, 11) is 3.15. The van der Waals surface area contributed by atoms with Gasteiger partial charge < -0.3 is 56.9 Å². The minimum atomic E-state index is -1.23. The molecule has 3 amide bonds. The number of aryl methyl sites for hydroxylation is 9. The number of ether oxygens (including phenoxy) is 3. The van der Waals surface area contributed by atoms with Crippen molar-refractivity contribution >= 4 is 80.3 Å². The van der Waals surface area contributed by atoms with Crippen molar-refractivity contribution in [3.63, 3.8) is 0 Å². The predicted molar refractivity (Wildman–Crippen MR) is 556 cm³/mol. The highest BCUT2D eigenvalue weighted by Gasteiger charge is 2.31. The van der Waals surface area contributed by atoms with E-state index in [-0.39, 0.29) is 107 Å². The second-order valence-electron chi connectivity index (χ2n) is 35.1. The van der Waals surface area contributed by atoms with Gasteiger partial charge in [0.15, 0.2) is 40.4 Å². The third-order valence-corrected chi connectivity index (χ3v) is 25.4. The molecule has 0 bridgehead atoms. The number of anilines is 5. The maximum absolute atomic E-state index is 14.5. The number of primary amides is 2. The van der Waals surface area contributed by atoms with Crippen LogP contribution in [0.2, 0.25) is 0 Å². The van der Waals surface area contributed by atoms with Crippen LogP contribution in [0.4, 0.5) is 56.0 Å². The van der Waals surface area contributed by atoms with Crippen LogP contribution in [-0.4, -0.2) is 148 Å². The fraction of sp³-hybridized carbons (Fsp3) is 0.227. The summed E-state index contributed by atoms with van der Waals surface area (Å²) in [4.78, 5) is 107. The summed E-state index contributed by atoms with van der Waals surface area (Å²) < 4.78 is 93.6. The van der Waals surface area contributed by atoms with E-state index < -0.39 is 57.8 Å². The molecule has 0 spiro atoms. The van der Waals surface area contributed by atoms with Crippen LogP contribution >= 0.6 is 11.3 Å². The maximum Gasteiger partial charge on any atom is 0.325 e. The van der Waals surface area contributed by atoms with E-state index in [4.69, 9.17) is 51.1 Å². The van der Waals surface area contributed by atoms with Gasteiger partial charge in [0, 0.05) is 142 Å². The molecule has 754 valence electrons. The molecule has 0 unspecified atom stereocenters. The first kappa shape index (κ1) is 105. The summed E-state index contributed by atoms with van der Waals surface area (Å²) in [5, 5.41) is 49.6. The summed E-state index contributed by atoms with van der Waals surface area (Å²) in [5.41, 5.74) is 23.5. The molecule has 11 heterocycles. The molecule has 19 rings (SSSR count). The first-order valence-corrected chi connectivity index (χ1v) is 48.0. The topological polar surface area (TPSA) is 418 Å². The number of fused-ring (bicyclic) bond motifs is 3. The van der Waals surface area contributed by atoms with Gasteiger partial charge in [0.2, 0.25) is 11.9 Å². The van der Waals surface area contributed by atoms with Crippen molar-refractivity contribution < 1.29 is 65.9 Å². The number of aromatic nitrogens is 13. The number of pyridine rings is 4. The van der Waals surface area contributed by atoms with E-state index in [0.717, 1.165) is 121 Å². The predicted octanol–water partition coefficient (Wildman–Crippen LogP) is 18.6. The molecule has 0 radical (unpaired) electrons. The Morgan fingerprint density at radius 1 is 0.571 bits per heavy atom. The fourth-order valence-corrected chi connectivity index (χ4v) is 17.4. The highest BCUT2D eigenvalue weighted by molar-refractivity contribution is 7.15. The number of carbonyl (C=O) groups is 3. The van der Waals surface area contributed by atoms with Gasteiger partial charge in [-0.25, -0.2) is 56.3 Å². The quantitative estimate of drug-likeness (QED) is 0.0184. The second kappa shape index (κ2) is 47.6. The van der Waals surface area contributed by atoms with Crippen LogP contribution < -0.4 is 58.5 Å². The van der Waals surface area contributed by atoms with Gasteiger partial charge in [-0.2, -0.15) is 24.8 Å². The van der Waals surface area contributed by atoms with Crippen LogP contribution in [-0.2, 0) is 38.2 Å². The molecule has 10 N–H and O–H groups in total. The molecule has 2 aliphatic rings. The van der Waals surface area contributed by atoms with Crippen LogP contribution in [0.15, 0.2) is 257 Å². The lowest BCUT2D eigenvalue weighted by molar-refractivity contribution is 0.0903. The third-order valence-electron chi connectivity index (χ3n) is 24.1. The normalized spacial score (nSPS) is 12.6. The zero-order valence-corrected chi connectivity index (χ0v) is 82.6. The molecule has 0 saturated carbocycles. The summed E-state index contributed by atoms with van der Waals surface area (Å²) in [6, 6.07) is 61.4. The number of aliphatic hydroxyl groups is 3. The van der Waals surface area contributed by atoms with Gasteiger partial charge in [0.05, 0.1) is 50.2 Å². The molecular formula is C110H106F5N19O12S. The van der Waals surface area contributed by atoms with Gasteiger partial charge in [-0.05, 0) is 205 Å². The molecule has 8 aromatic carbocycles. The van der Waals surface area contributed by atoms with Crippen LogP contribution in [0.3, 0.4) is 0 Å². The number of benzene rings is 8. The molecule has 0 aliphatic carbocycles. The number of carbonyl (C=O) groups excluding carboxylic acids is 3. The number of thiazole rings is 1. The lowest BCUT2D eigenvalue weighted by Gasteiger charge is -2.24. The van der Waals surface area contributed by atoms with Crippen molar-refractivity contribution in [3.8, 4) is 84.2 Å². The molecule has 17 aromatic rings. The molecule has 37 heteroatoms. The summed E-state index contributed by atoms with van der Waals surface area (Å²) >= 11 is 1.71. The number of urea groups is 1. The van der Waals surface area contributed by atoms with Crippen molar-refractivity contribution in [2.24, 2.45) is 31.5 Å². The monoisotopic (exact) mass is 2010 g/mol. The minimum absolute atomic E-state index is 0.000715.